The largest absolute Gasteiger partial charge is 0.271 e. The molecule has 1 rings (SSSR count). The average molecular weight is 269 g/mol. The van der Waals surface area contributed by atoms with Gasteiger partial charge in [-0.15, -0.1) is 11.6 Å². The molecule has 0 saturated carbocycles. The van der Waals surface area contributed by atoms with E-state index in [0.717, 1.165) is 19.3 Å². The van der Waals surface area contributed by atoms with Crippen molar-refractivity contribution in [3.63, 3.8) is 0 Å². The van der Waals surface area contributed by atoms with Crippen LogP contribution >= 0.6 is 11.6 Å². The number of hydrogen-bond donors (Lipinski definition) is 2. The summed E-state index contributed by atoms with van der Waals surface area (Å²) in [5.74, 6) is 6.26. The van der Waals surface area contributed by atoms with Crippen molar-refractivity contribution in [2.45, 2.75) is 51.5 Å². The van der Waals surface area contributed by atoms with Gasteiger partial charge >= 0.3 is 0 Å². The van der Waals surface area contributed by atoms with Gasteiger partial charge in [-0.25, -0.2) is 0 Å². The molecule has 0 heterocycles. The van der Waals surface area contributed by atoms with Crippen molar-refractivity contribution in [3.05, 3.63) is 35.4 Å². The minimum atomic E-state index is 0.211. The van der Waals surface area contributed by atoms with Crippen molar-refractivity contribution in [2.75, 3.05) is 5.88 Å². The first kappa shape index (κ1) is 15.5. The fourth-order valence-electron chi connectivity index (χ4n) is 1.99. The van der Waals surface area contributed by atoms with E-state index in [-0.39, 0.29) is 5.41 Å². The maximum atomic E-state index is 5.71. The summed E-state index contributed by atoms with van der Waals surface area (Å²) in [7, 11) is 0. The summed E-state index contributed by atoms with van der Waals surface area (Å²) in [4.78, 5) is 0. The van der Waals surface area contributed by atoms with Gasteiger partial charge < -0.3 is 0 Å². The summed E-state index contributed by atoms with van der Waals surface area (Å²) in [6.07, 6.45) is 2.97. The SMILES string of the molecule is CC(C)(C)c1ccc(CC(CCCCl)NN)cc1. The Labute approximate surface area is 116 Å². The molecule has 0 spiro atoms. The fraction of sp³-hybridized carbons (Fsp3) is 0.600. The van der Waals surface area contributed by atoms with Gasteiger partial charge in [-0.05, 0) is 35.8 Å². The highest BCUT2D eigenvalue weighted by Crippen LogP contribution is 2.22. The van der Waals surface area contributed by atoms with Crippen LogP contribution in [0, 0.1) is 0 Å². The summed E-state index contributed by atoms with van der Waals surface area (Å²) < 4.78 is 0. The quantitative estimate of drug-likeness (QED) is 0.472. The number of rotatable bonds is 6. The van der Waals surface area contributed by atoms with Crippen LogP contribution in [-0.2, 0) is 11.8 Å². The Morgan fingerprint density at radius 1 is 1.22 bits per heavy atom. The number of hydrogen-bond acceptors (Lipinski definition) is 2. The summed E-state index contributed by atoms with van der Waals surface area (Å²) in [6, 6.07) is 9.14. The van der Waals surface area contributed by atoms with E-state index in [4.69, 9.17) is 17.4 Å². The average Bonchev–Trinajstić information content (AvgIpc) is 2.34. The summed E-state index contributed by atoms with van der Waals surface area (Å²) >= 11 is 5.71. The highest BCUT2D eigenvalue weighted by Gasteiger charge is 2.13. The summed E-state index contributed by atoms with van der Waals surface area (Å²) in [5.41, 5.74) is 5.77. The van der Waals surface area contributed by atoms with E-state index in [9.17, 15) is 0 Å². The van der Waals surface area contributed by atoms with Crippen LogP contribution in [0.2, 0.25) is 0 Å². The van der Waals surface area contributed by atoms with Crippen LogP contribution in [0.1, 0.15) is 44.7 Å². The molecule has 102 valence electrons. The molecule has 3 N–H and O–H groups in total. The van der Waals surface area contributed by atoms with E-state index >= 15 is 0 Å². The Morgan fingerprint density at radius 2 is 1.83 bits per heavy atom. The Balaban J connectivity index is 2.62. The molecule has 0 aliphatic heterocycles. The molecule has 0 bridgehead atoms. The van der Waals surface area contributed by atoms with Crippen LogP contribution in [0.15, 0.2) is 24.3 Å². The summed E-state index contributed by atoms with van der Waals surface area (Å²) in [5, 5.41) is 0. The predicted molar refractivity (Wildman–Crippen MR) is 79.9 cm³/mol. The third-order valence-corrected chi connectivity index (χ3v) is 3.49. The zero-order chi connectivity index (χ0) is 13.6. The first-order valence-corrected chi connectivity index (χ1v) is 7.12. The van der Waals surface area contributed by atoms with E-state index < -0.39 is 0 Å². The Bertz CT molecular complexity index is 341. The van der Waals surface area contributed by atoms with E-state index in [1.54, 1.807) is 0 Å². The molecule has 0 radical (unpaired) electrons. The second-order valence-corrected chi connectivity index (χ2v) is 6.22. The monoisotopic (exact) mass is 268 g/mol. The van der Waals surface area contributed by atoms with Crippen LogP contribution in [0.5, 0.6) is 0 Å². The van der Waals surface area contributed by atoms with E-state index in [0.29, 0.717) is 11.9 Å². The first-order chi connectivity index (χ1) is 8.47. The second-order valence-electron chi connectivity index (χ2n) is 5.85. The Morgan fingerprint density at radius 3 is 2.28 bits per heavy atom. The van der Waals surface area contributed by atoms with Gasteiger partial charge in [0.1, 0.15) is 0 Å². The normalized spacial score (nSPS) is 13.6. The van der Waals surface area contributed by atoms with Crippen molar-refractivity contribution in [1.82, 2.24) is 5.43 Å². The second kappa shape index (κ2) is 7.13. The molecule has 3 heteroatoms. The van der Waals surface area contributed by atoms with Crippen molar-refractivity contribution in [2.24, 2.45) is 5.84 Å². The lowest BCUT2D eigenvalue weighted by Gasteiger charge is -2.20. The molecule has 0 aliphatic rings. The maximum Gasteiger partial charge on any atom is 0.0251 e. The molecule has 0 saturated heterocycles. The number of nitrogens with two attached hydrogens (primary N) is 1. The molecule has 0 aromatic heterocycles. The highest BCUT2D eigenvalue weighted by atomic mass is 35.5. The molecule has 1 aromatic carbocycles. The van der Waals surface area contributed by atoms with Gasteiger partial charge in [0.05, 0.1) is 0 Å². The Kier molecular flexibility index (Phi) is 6.13. The lowest BCUT2D eigenvalue weighted by atomic mass is 9.86. The van der Waals surface area contributed by atoms with E-state index in [1.165, 1.54) is 11.1 Å². The molecular formula is C15H25ClN2. The van der Waals surface area contributed by atoms with Gasteiger partial charge in [-0.2, -0.15) is 0 Å². The molecule has 1 atom stereocenters. The van der Waals surface area contributed by atoms with Crippen molar-refractivity contribution < 1.29 is 0 Å². The standard InChI is InChI=1S/C15H25ClN2/c1-15(2,3)13-8-6-12(7-9-13)11-14(18-17)5-4-10-16/h6-9,14,18H,4-5,10-11,17H2,1-3H3. The maximum absolute atomic E-state index is 5.71. The van der Waals surface area contributed by atoms with Gasteiger partial charge in [-0.3, -0.25) is 11.3 Å². The molecule has 0 aliphatic carbocycles. The lowest BCUT2D eigenvalue weighted by molar-refractivity contribution is 0.487. The van der Waals surface area contributed by atoms with Crippen molar-refractivity contribution in [1.29, 1.82) is 0 Å². The van der Waals surface area contributed by atoms with Gasteiger partial charge in [0, 0.05) is 11.9 Å². The number of alkyl halides is 1. The number of nitrogens with one attached hydrogen (secondary N) is 1. The van der Waals surface area contributed by atoms with Gasteiger partial charge in [0.2, 0.25) is 0 Å². The predicted octanol–water partition coefficient (Wildman–Crippen LogP) is 3.38. The molecule has 2 nitrogen and oxygen atoms in total. The summed E-state index contributed by atoms with van der Waals surface area (Å²) in [6.45, 7) is 6.69. The highest BCUT2D eigenvalue weighted by molar-refractivity contribution is 6.17. The van der Waals surface area contributed by atoms with Crippen LogP contribution in [0.3, 0.4) is 0 Å². The molecule has 18 heavy (non-hydrogen) atoms. The van der Waals surface area contributed by atoms with E-state index in [2.05, 4.69) is 50.5 Å². The zero-order valence-corrected chi connectivity index (χ0v) is 12.4. The van der Waals surface area contributed by atoms with Crippen LogP contribution < -0.4 is 11.3 Å². The fourth-order valence-corrected chi connectivity index (χ4v) is 2.15. The van der Waals surface area contributed by atoms with Crippen LogP contribution in [0.4, 0.5) is 0 Å². The topological polar surface area (TPSA) is 38.0 Å². The molecule has 1 aromatic rings. The molecule has 0 fully saturated rings. The van der Waals surface area contributed by atoms with E-state index in [1.807, 2.05) is 0 Å². The smallest absolute Gasteiger partial charge is 0.0251 e. The van der Waals surface area contributed by atoms with Crippen LogP contribution in [0.25, 0.3) is 0 Å². The third kappa shape index (κ3) is 4.97. The zero-order valence-electron chi connectivity index (χ0n) is 11.7. The third-order valence-electron chi connectivity index (χ3n) is 3.22. The van der Waals surface area contributed by atoms with Gasteiger partial charge in [0.15, 0.2) is 0 Å². The number of hydrazine groups is 1. The minimum absolute atomic E-state index is 0.211. The number of halogens is 1. The Hall–Kier alpha value is -0.570. The van der Waals surface area contributed by atoms with Crippen molar-refractivity contribution in [3.8, 4) is 0 Å². The van der Waals surface area contributed by atoms with Gasteiger partial charge in [0.25, 0.3) is 0 Å². The molecular weight excluding hydrogens is 244 g/mol. The van der Waals surface area contributed by atoms with Crippen molar-refractivity contribution >= 4 is 11.6 Å². The molecule has 0 amide bonds. The lowest BCUT2D eigenvalue weighted by Crippen LogP contribution is -2.36. The number of benzene rings is 1. The first-order valence-electron chi connectivity index (χ1n) is 6.59. The minimum Gasteiger partial charge on any atom is -0.271 e. The van der Waals surface area contributed by atoms with Crippen LogP contribution in [-0.4, -0.2) is 11.9 Å². The molecule has 1 unspecified atom stereocenters. The van der Waals surface area contributed by atoms with Gasteiger partial charge in [-0.1, -0.05) is 45.0 Å².